The number of hydrogen-bond acceptors (Lipinski definition) is 3. The molecule has 0 unspecified atom stereocenters. The molecular weight excluding hydrogens is 292 g/mol. The molecule has 1 amide bonds. The van der Waals surface area contributed by atoms with Crippen LogP contribution >= 0.6 is 22.9 Å². The Balaban J connectivity index is 2.04. The maximum Gasteiger partial charge on any atom is 0.251 e. The summed E-state index contributed by atoms with van der Waals surface area (Å²) in [5.41, 5.74) is 2.57. The van der Waals surface area contributed by atoms with Crippen molar-refractivity contribution in [1.82, 2.24) is 10.3 Å². The van der Waals surface area contributed by atoms with Gasteiger partial charge in [0.2, 0.25) is 0 Å². The summed E-state index contributed by atoms with van der Waals surface area (Å²) >= 11 is 7.31. The highest BCUT2D eigenvalue weighted by Gasteiger charge is 2.07. The van der Waals surface area contributed by atoms with Crippen molar-refractivity contribution in [3.05, 3.63) is 40.9 Å². The first-order valence-electron chi connectivity index (χ1n) is 6.63. The summed E-state index contributed by atoms with van der Waals surface area (Å²) in [7, 11) is 0. The largest absolute Gasteiger partial charge is 0.352 e. The van der Waals surface area contributed by atoms with E-state index >= 15 is 0 Å². The second kappa shape index (κ2) is 7.41. The van der Waals surface area contributed by atoms with Crippen molar-refractivity contribution in [3.8, 4) is 10.6 Å². The van der Waals surface area contributed by atoms with Crippen LogP contribution in [0.5, 0.6) is 0 Å². The van der Waals surface area contributed by atoms with Crippen molar-refractivity contribution in [2.45, 2.75) is 25.6 Å². The third-order valence-corrected chi connectivity index (χ3v) is 4.11. The van der Waals surface area contributed by atoms with E-state index in [4.69, 9.17) is 11.6 Å². The van der Waals surface area contributed by atoms with E-state index in [0.29, 0.717) is 11.4 Å². The number of alkyl halides is 1. The number of thiazole rings is 1. The lowest BCUT2D eigenvalue weighted by Gasteiger charge is -2.04. The van der Waals surface area contributed by atoms with E-state index in [-0.39, 0.29) is 5.91 Å². The van der Waals surface area contributed by atoms with Gasteiger partial charge in [-0.2, -0.15) is 0 Å². The zero-order valence-corrected chi connectivity index (χ0v) is 12.9. The van der Waals surface area contributed by atoms with Crippen LogP contribution in [0.25, 0.3) is 10.6 Å². The Bertz CT molecular complexity index is 566. The molecule has 1 N–H and O–H groups in total. The average molecular weight is 309 g/mol. The van der Waals surface area contributed by atoms with Crippen molar-refractivity contribution in [3.63, 3.8) is 0 Å². The topological polar surface area (TPSA) is 42.0 Å². The minimum Gasteiger partial charge on any atom is -0.352 e. The van der Waals surface area contributed by atoms with Gasteiger partial charge in [-0.25, -0.2) is 4.98 Å². The maximum atomic E-state index is 11.9. The molecule has 0 aliphatic carbocycles. The van der Waals surface area contributed by atoms with Gasteiger partial charge in [-0.15, -0.1) is 22.9 Å². The van der Waals surface area contributed by atoms with Crippen LogP contribution in [0, 0.1) is 0 Å². The van der Waals surface area contributed by atoms with E-state index < -0.39 is 0 Å². The Labute approximate surface area is 128 Å². The zero-order valence-electron chi connectivity index (χ0n) is 11.4. The molecule has 0 atom stereocenters. The smallest absolute Gasteiger partial charge is 0.251 e. The molecule has 0 saturated carbocycles. The minimum absolute atomic E-state index is 0.0226. The molecule has 0 saturated heterocycles. The number of nitrogens with zero attached hydrogens (tertiary/aromatic N) is 1. The fourth-order valence-electron chi connectivity index (χ4n) is 1.75. The van der Waals surface area contributed by atoms with E-state index in [1.807, 2.05) is 29.6 Å². The van der Waals surface area contributed by atoms with Crippen LogP contribution in [0.1, 0.15) is 35.8 Å². The average Bonchev–Trinajstić information content (AvgIpc) is 2.96. The van der Waals surface area contributed by atoms with Gasteiger partial charge in [0.15, 0.2) is 0 Å². The van der Waals surface area contributed by atoms with E-state index in [1.54, 1.807) is 11.3 Å². The monoisotopic (exact) mass is 308 g/mol. The Kier molecular flexibility index (Phi) is 5.56. The van der Waals surface area contributed by atoms with Crippen molar-refractivity contribution in [2.24, 2.45) is 0 Å². The van der Waals surface area contributed by atoms with Crippen molar-refractivity contribution >= 4 is 28.8 Å². The number of halogens is 1. The summed E-state index contributed by atoms with van der Waals surface area (Å²) < 4.78 is 0. The molecule has 1 aromatic heterocycles. The Morgan fingerprint density at radius 2 is 2.10 bits per heavy atom. The molecule has 106 valence electrons. The van der Waals surface area contributed by atoms with E-state index in [2.05, 4.69) is 17.2 Å². The van der Waals surface area contributed by atoms with Crippen LogP contribution in [0.4, 0.5) is 0 Å². The highest BCUT2D eigenvalue weighted by atomic mass is 35.5. The van der Waals surface area contributed by atoms with Gasteiger partial charge in [-0.1, -0.05) is 25.5 Å². The third-order valence-electron chi connectivity index (χ3n) is 2.90. The highest BCUT2D eigenvalue weighted by molar-refractivity contribution is 7.13. The molecule has 1 heterocycles. The molecule has 0 aliphatic rings. The molecule has 0 bridgehead atoms. The van der Waals surface area contributed by atoms with Gasteiger partial charge in [0.25, 0.3) is 5.91 Å². The fourth-order valence-corrected chi connectivity index (χ4v) is 2.80. The summed E-state index contributed by atoms with van der Waals surface area (Å²) in [4.78, 5) is 16.3. The van der Waals surface area contributed by atoms with Crippen molar-refractivity contribution in [1.29, 1.82) is 0 Å². The van der Waals surface area contributed by atoms with Crippen LogP contribution < -0.4 is 5.32 Å². The standard InChI is InChI=1S/C15H17ClN2OS/c1-2-3-8-17-14(19)11-4-6-12(7-5-11)15-18-13(9-16)10-20-15/h4-7,10H,2-3,8-9H2,1H3,(H,17,19). The summed E-state index contributed by atoms with van der Waals surface area (Å²) in [6.07, 6.45) is 2.08. The Hall–Kier alpha value is -1.39. The van der Waals surface area contributed by atoms with E-state index in [1.165, 1.54) is 0 Å². The van der Waals surface area contributed by atoms with Crippen LogP contribution in [-0.4, -0.2) is 17.4 Å². The van der Waals surface area contributed by atoms with Gasteiger partial charge in [-0.3, -0.25) is 4.79 Å². The molecule has 5 heteroatoms. The molecule has 0 spiro atoms. The molecule has 20 heavy (non-hydrogen) atoms. The van der Waals surface area contributed by atoms with Crippen molar-refractivity contribution < 1.29 is 4.79 Å². The van der Waals surface area contributed by atoms with Gasteiger partial charge in [0, 0.05) is 23.1 Å². The Morgan fingerprint density at radius 3 is 2.70 bits per heavy atom. The minimum atomic E-state index is -0.0226. The predicted octanol–water partition coefficient (Wildman–Crippen LogP) is 4.08. The molecule has 2 aromatic rings. The van der Waals surface area contributed by atoms with Crippen LogP contribution in [0.3, 0.4) is 0 Å². The molecule has 0 aliphatic heterocycles. The van der Waals surface area contributed by atoms with Gasteiger partial charge < -0.3 is 5.32 Å². The molecule has 1 aromatic carbocycles. The third kappa shape index (κ3) is 3.81. The molecule has 3 nitrogen and oxygen atoms in total. The first kappa shape index (κ1) is 15.0. The number of benzene rings is 1. The number of amides is 1. The van der Waals surface area contributed by atoms with E-state index in [9.17, 15) is 4.79 Å². The number of hydrogen-bond donors (Lipinski definition) is 1. The molecule has 2 rings (SSSR count). The number of carbonyl (C=O) groups is 1. The number of carbonyl (C=O) groups excluding carboxylic acids is 1. The maximum absolute atomic E-state index is 11.9. The second-order valence-corrected chi connectivity index (χ2v) is 5.59. The van der Waals surface area contributed by atoms with Gasteiger partial charge in [-0.05, 0) is 18.6 Å². The van der Waals surface area contributed by atoms with Gasteiger partial charge in [0.05, 0.1) is 11.6 Å². The molecule has 0 radical (unpaired) electrons. The number of unbranched alkanes of at least 4 members (excludes halogenated alkanes) is 1. The first-order valence-corrected chi connectivity index (χ1v) is 8.05. The van der Waals surface area contributed by atoms with E-state index in [0.717, 1.165) is 35.7 Å². The fraction of sp³-hybridized carbons (Fsp3) is 0.333. The summed E-state index contributed by atoms with van der Waals surface area (Å²) in [6.45, 7) is 2.83. The van der Waals surface area contributed by atoms with Crippen LogP contribution in [0.15, 0.2) is 29.6 Å². The number of aromatic nitrogens is 1. The summed E-state index contributed by atoms with van der Waals surface area (Å²) in [6, 6.07) is 7.51. The van der Waals surface area contributed by atoms with Crippen molar-refractivity contribution in [2.75, 3.05) is 6.54 Å². The van der Waals surface area contributed by atoms with Crippen LogP contribution in [0.2, 0.25) is 0 Å². The summed E-state index contributed by atoms with van der Waals surface area (Å²) in [5, 5.41) is 5.78. The lowest BCUT2D eigenvalue weighted by Crippen LogP contribution is -2.24. The first-order chi connectivity index (χ1) is 9.74. The lowest BCUT2D eigenvalue weighted by atomic mass is 10.1. The normalized spacial score (nSPS) is 10.5. The molecule has 0 fully saturated rings. The number of rotatable bonds is 6. The number of nitrogens with one attached hydrogen (secondary N) is 1. The highest BCUT2D eigenvalue weighted by Crippen LogP contribution is 2.24. The second-order valence-electron chi connectivity index (χ2n) is 4.46. The SMILES string of the molecule is CCCCNC(=O)c1ccc(-c2nc(CCl)cs2)cc1. The zero-order chi connectivity index (χ0) is 14.4. The van der Waals surface area contributed by atoms with Crippen LogP contribution in [-0.2, 0) is 5.88 Å². The summed E-state index contributed by atoms with van der Waals surface area (Å²) in [5.74, 6) is 0.402. The predicted molar refractivity (Wildman–Crippen MR) is 84.3 cm³/mol. The Morgan fingerprint density at radius 1 is 1.35 bits per heavy atom. The van der Waals surface area contributed by atoms with Gasteiger partial charge in [0.1, 0.15) is 5.01 Å². The molecular formula is C15H17ClN2OS. The quantitative estimate of drug-likeness (QED) is 0.645. The lowest BCUT2D eigenvalue weighted by molar-refractivity contribution is 0.0953. The van der Waals surface area contributed by atoms with Gasteiger partial charge >= 0.3 is 0 Å².